The minimum Gasteiger partial charge on any atom is -0.333 e. The Balaban J connectivity index is 1.73. The Hall–Kier alpha value is -1.39. The third kappa shape index (κ3) is 1.83. The molecular weight excluding hydrogens is 216 g/mol. The average molecular weight is 234 g/mol. The van der Waals surface area contributed by atoms with Crippen molar-refractivity contribution < 1.29 is 4.79 Å². The van der Waals surface area contributed by atoms with Crippen LogP contribution in [-0.4, -0.2) is 32.1 Å². The number of rotatable bonds is 1. The molecule has 5 heteroatoms. The summed E-state index contributed by atoms with van der Waals surface area (Å²) in [5.74, 6) is 2.48. The minimum atomic E-state index is 0.269. The lowest BCUT2D eigenvalue weighted by Crippen LogP contribution is -2.41. The third-order valence-corrected chi connectivity index (χ3v) is 3.95. The molecule has 0 unspecified atom stereocenters. The SMILES string of the molecule is Cc1nnc2n1CCN(C(=O)C1CCCC1)C2. The van der Waals surface area contributed by atoms with Gasteiger partial charge in [0, 0.05) is 19.0 Å². The molecule has 5 nitrogen and oxygen atoms in total. The van der Waals surface area contributed by atoms with Gasteiger partial charge in [-0.2, -0.15) is 0 Å². The van der Waals surface area contributed by atoms with Gasteiger partial charge in [-0.15, -0.1) is 10.2 Å². The quantitative estimate of drug-likeness (QED) is 0.731. The van der Waals surface area contributed by atoms with Crippen LogP contribution in [0.25, 0.3) is 0 Å². The van der Waals surface area contributed by atoms with E-state index in [-0.39, 0.29) is 5.92 Å². The van der Waals surface area contributed by atoms with E-state index in [0.29, 0.717) is 12.5 Å². The van der Waals surface area contributed by atoms with Gasteiger partial charge in [0.2, 0.25) is 5.91 Å². The maximum absolute atomic E-state index is 12.3. The van der Waals surface area contributed by atoms with Crippen molar-refractivity contribution in [2.45, 2.75) is 45.7 Å². The Morgan fingerprint density at radius 1 is 1.24 bits per heavy atom. The van der Waals surface area contributed by atoms with Gasteiger partial charge in [-0.1, -0.05) is 12.8 Å². The van der Waals surface area contributed by atoms with Crippen molar-refractivity contribution in [1.29, 1.82) is 0 Å². The van der Waals surface area contributed by atoms with Crippen LogP contribution in [-0.2, 0) is 17.9 Å². The predicted molar refractivity (Wildman–Crippen MR) is 62.1 cm³/mol. The normalized spacial score (nSPS) is 20.6. The van der Waals surface area contributed by atoms with Crippen molar-refractivity contribution in [3.8, 4) is 0 Å². The number of hydrogen-bond donors (Lipinski definition) is 0. The zero-order valence-electron chi connectivity index (χ0n) is 10.2. The molecule has 2 aliphatic rings. The summed E-state index contributed by atoms with van der Waals surface area (Å²) in [5.41, 5.74) is 0. The fourth-order valence-corrected chi connectivity index (χ4v) is 2.92. The largest absolute Gasteiger partial charge is 0.333 e. The Kier molecular flexibility index (Phi) is 2.61. The van der Waals surface area contributed by atoms with Crippen LogP contribution in [0.1, 0.15) is 37.3 Å². The molecule has 0 radical (unpaired) electrons. The lowest BCUT2D eigenvalue weighted by atomic mass is 10.1. The second kappa shape index (κ2) is 4.13. The van der Waals surface area contributed by atoms with Crippen LogP contribution < -0.4 is 0 Å². The summed E-state index contributed by atoms with van der Waals surface area (Å²) in [7, 11) is 0. The number of carbonyl (C=O) groups is 1. The Labute approximate surface area is 101 Å². The van der Waals surface area contributed by atoms with E-state index >= 15 is 0 Å². The van der Waals surface area contributed by atoms with Gasteiger partial charge in [0.05, 0.1) is 6.54 Å². The number of nitrogens with zero attached hydrogens (tertiary/aromatic N) is 4. The number of amides is 1. The van der Waals surface area contributed by atoms with E-state index in [4.69, 9.17) is 0 Å². The van der Waals surface area contributed by atoms with Crippen LogP contribution in [0.4, 0.5) is 0 Å². The first kappa shape index (κ1) is 10.7. The van der Waals surface area contributed by atoms with E-state index < -0.39 is 0 Å². The first-order valence-electron chi connectivity index (χ1n) is 6.43. The monoisotopic (exact) mass is 234 g/mol. The Morgan fingerprint density at radius 2 is 2.00 bits per heavy atom. The molecule has 0 atom stereocenters. The van der Waals surface area contributed by atoms with Gasteiger partial charge >= 0.3 is 0 Å². The summed E-state index contributed by atoms with van der Waals surface area (Å²) in [6.45, 7) is 4.25. The molecule has 1 aromatic rings. The van der Waals surface area contributed by atoms with Crippen LogP contribution in [0.2, 0.25) is 0 Å². The highest BCUT2D eigenvalue weighted by molar-refractivity contribution is 5.79. The van der Waals surface area contributed by atoms with E-state index in [1.54, 1.807) is 0 Å². The molecule has 1 saturated carbocycles. The molecule has 0 aromatic carbocycles. The van der Waals surface area contributed by atoms with E-state index in [1.165, 1.54) is 12.8 Å². The highest BCUT2D eigenvalue weighted by Gasteiger charge is 2.30. The third-order valence-electron chi connectivity index (χ3n) is 3.95. The summed E-state index contributed by atoms with van der Waals surface area (Å²) in [6, 6.07) is 0. The summed E-state index contributed by atoms with van der Waals surface area (Å²) in [6.07, 6.45) is 4.56. The molecule has 92 valence electrons. The van der Waals surface area contributed by atoms with Gasteiger partial charge in [0.25, 0.3) is 0 Å². The second-order valence-corrected chi connectivity index (χ2v) is 5.06. The summed E-state index contributed by atoms with van der Waals surface area (Å²) in [5, 5.41) is 8.20. The van der Waals surface area contributed by atoms with Gasteiger partial charge in [0.1, 0.15) is 5.82 Å². The van der Waals surface area contributed by atoms with Crippen LogP contribution in [0.15, 0.2) is 0 Å². The van der Waals surface area contributed by atoms with Gasteiger partial charge in [0.15, 0.2) is 5.82 Å². The average Bonchev–Trinajstić information content (AvgIpc) is 2.98. The van der Waals surface area contributed by atoms with Crippen LogP contribution >= 0.6 is 0 Å². The Morgan fingerprint density at radius 3 is 2.76 bits per heavy atom. The molecule has 1 aromatic heterocycles. The van der Waals surface area contributed by atoms with Crippen molar-refractivity contribution in [1.82, 2.24) is 19.7 Å². The van der Waals surface area contributed by atoms with Crippen LogP contribution in [0, 0.1) is 12.8 Å². The fourth-order valence-electron chi connectivity index (χ4n) is 2.92. The number of fused-ring (bicyclic) bond motifs is 1. The zero-order valence-corrected chi connectivity index (χ0v) is 10.2. The molecule has 3 rings (SSSR count). The van der Waals surface area contributed by atoms with Gasteiger partial charge < -0.3 is 9.47 Å². The molecule has 1 fully saturated rings. The maximum Gasteiger partial charge on any atom is 0.226 e. The smallest absolute Gasteiger partial charge is 0.226 e. The van der Waals surface area contributed by atoms with Crippen molar-refractivity contribution in [3.63, 3.8) is 0 Å². The lowest BCUT2D eigenvalue weighted by Gasteiger charge is -2.29. The summed E-state index contributed by atoms with van der Waals surface area (Å²) in [4.78, 5) is 14.2. The molecule has 0 bridgehead atoms. The minimum absolute atomic E-state index is 0.269. The molecule has 17 heavy (non-hydrogen) atoms. The van der Waals surface area contributed by atoms with Crippen LogP contribution in [0.3, 0.4) is 0 Å². The number of aryl methyl sites for hydroxylation is 1. The molecule has 0 saturated heterocycles. The molecule has 2 heterocycles. The van der Waals surface area contributed by atoms with E-state index in [2.05, 4.69) is 14.8 Å². The van der Waals surface area contributed by atoms with Crippen molar-refractivity contribution in [3.05, 3.63) is 11.6 Å². The van der Waals surface area contributed by atoms with E-state index in [0.717, 1.165) is 37.6 Å². The van der Waals surface area contributed by atoms with Crippen molar-refractivity contribution >= 4 is 5.91 Å². The lowest BCUT2D eigenvalue weighted by molar-refractivity contribution is -0.136. The molecule has 1 amide bonds. The summed E-state index contributed by atoms with van der Waals surface area (Å²) < 4.78 is 2.11. The topological polar surface area (TPSA) is 51.0 Å². The highest BCUT2D eigenvalue weighted by Crippen LogP contribution is 2.27. The first-order valence-corrected chi connectivity index (χ1v) is 6.43. The fraction of sp³-hybridized carbons (Fsp3) is 0.750. The second-order valence-electron chi connectivity index (χ2n) is 5.06. The van der Waals surface area contributed by atoms with Gasteiger partial charge in [-0.25, -0.2) is 0 Å². The van der Waals surface area contributed by atoms with E-state index in [1.807, 2.05) is 11.8 Å². The summed E-state index contributed by atoms with van der Waals surface area (Å²) >= 11 is 0. The standard InChI is InChI=1S/C12H18N4O/c1-9-13-14-11-8-15(6-7-16(9)11)12(17)10-4-2-3-5-10/h10H,2-8H2,1H3. The molecule has 1 aliphatic carbocycles. The van der Waals surface area contributed by atoms with Crippen molar-refractivity contribution in [2.75, 3.05) is 6.54 Å². The van der Waals surface area contributed by atoms with Gasteiger partial charge in [-0.05, 0) is 19.8 Å². The van der Waals surface area contributed by atoms with Crippen LogP contribution in [0.5, 0.6) is 0 Å². The number of carbonyl (C=O) groups excluding carboxylic acids is 1. The molecular formula is C12H18N4O. The maximum atomic E-state index is 12.3. The van der Waals surface area contributed by atoms with Crippen molar-refractivity contribution in [2.24, 2.45) is 5.92 Å². The molecule has 0 N–H and O–H groups in total. The van der Waals surface area contributed by atoms with Gasteiger partial charge in [-0.3, -0.25) is 4.79 Å². The predicted octanol–water partition coefficient (Wildman–Crippen LogP) is 1.12. The molecule has 1 aliphatic heterocycles. The number of hydrogen-bond acceptors (Lipinski definition) is 3. The van der Waals surface area contributed by atoms with E-state index in [9.17, 15) is 4.79 Å². The Bertz CT molecular complexity index is 434. The molecule has 0 spiro atoms. The highest BCUT2D eigenvalue weighted by atomic mass is 16.2. The zero-order chi connectivity index (χ0) is 11.8. The number of aromatic nitrogens is 3. The first-order chi connectivity index (χ1) is 8.25.